The second kappa shape index (κ2) is 6.02. The first-order valence-electron chi connectivity index (χ1n) is 6.74. The third-order valence-corrected chi connectivity index (χ3v) is 4.50. The summed E-state index contributed by atoms with van der Waals surface area (Å²) in [6.45, 7) is 0. The van der Waals surface area contributed by atoms with E-state index in [0.717, 1.165) is 5.03 Å². The normalized spacial score (nSPS) is 15.7. The van der Waals surface area contributed by atoms with Crippen molar-refractivity contribution >= 4 is 23.2 Å². The number of hydrogen-bond acceptors (Lipinski definition) is 3. The van der Waals surface area contributed by atoms with Crippen molar-refractivity contribution in [2.45, 2.75) is 4.90 Å². The molecule has 1 aliphatic heterocycles. The summed E-state index contributed by atoms with van der Waals surface area (Å²) in [5.74, 6) is 0.0237. The van der Waals surface area contributed by atoms with E-state index in [1.54, 1.807) is 17.8 Å². The highest BCUT2D eigenvalue weighted by Crippen LogP contribution is 2.44. The molecule has 0 aliphatic carbocycles. The molecule has 3 rings (SSSR count). The molecule has 0 atom stereocenters. The largest absolute Gasteiger partial charge is 0.338 e. The minimum atomic E-state index is 0.0237. The van der Waals surface area contributed by atoms with E-state index < -0.39 is 0 Å². The van der Waals surface area contributed by atoms with Gasteiger partial charge in [-0.25, -0.2) is 0 Å². The van der Waals surface area contributed by atoms with Gasteiger partial charge in [0.05, 0.1) is 10.7 Å². The Balaban J connectivity index is 1.73. The Kier molecular flexibility index (Phi) is 3.93. The number of benzene rings is 2. The lowest BCUT2D eigenvalue weighted by atomic mass is 10.1. The fourth-order valence-electron chi connectivity index (χ4n) is 2.18. The highest BCUT2D eigenvalue weighted by atomic mass is 32.2. The van der Waals surface area contributed by atoms with Crippen molar-refractivity contribution in [2.75, 3.05) is 11.9 Å². The summed E-state index contributed by atoms with van der Waals surface area (Å²) in [5.41, 5.74) is 1.92. The van der Waals surface area contributed by atoms with Gasteiger partial charge in [0.25, 0.3) is 0 Å². The molecule has 0 unspecified atom stereocenters. The zero-order valence-corrected chi connectivity index (χ0v) is 12.5. The molecule has 2 nitrogen and oxygen atoms in total. The quantitative estimate of drug-likeness (QED) is 0.613. The van der Waals surface area contributed by atoms with Crippen LogP contribution in [0, 0.1) is 0 Å². The second-order valence-electron chi connectivity index (χ2n) is 4.72. The third kappa shape index (κ3) is 2.93. The Hall–Kier alpha value is -2.26. The monoisotopic (exact) mass is 293 g/mol. The van der Waals surface area contributed by atoms with Crippen LogP contribution < -0.4 is 4.90 Å². The molecule has 0 fully saturated rings. The fraction of sp³-hybridized carbons (Fsp3) is 0.0556. The van der Waals surface area contributed by atoms with Crippen molar-refractivity contribution in [1.29, 1.82) is 0 Å². The summed E-state index contributed by atoms with van der Waals surface area (Å²) in [6.07, 6.45) is 5.41. The fourth-order valence-corrected chi connectivity index (χ4v) is 3.25. The van der Waals surface area contributed by atoms with Crippen LogP contribution in [-0.4, -0.2) is 12.8 Å². The molecule has 1 aliphatic rings. The lowest BCUT2D eigenvalue weighted by molar-refractivity contribution is 0.104. The molecule has 1 heterocycles. The number of carbonyl (C=O) groups is 1. The van der Waals surface area contributed by atoms with Crippen LogP contribution in [0.2, 0.25) is 0 Å². The van der Waals surface area contributed by atoms with Crippen molar-refractivity contribution in [1.82, 2.24) is 0 Å². The van der Waals surface area contributed by atoms with E-state index in [9.17, 15) is 4.79 Å². The number of rotatable bonds is 3. The molecule has 2 aromatic rings. The van der Waals surface area contributed by atoms with E-state index >= 15 is 0 Å². The van der Waals surface area contributed by atoms with Gasteiger partial charge >= 0.3 is 0 Å². The van der Waals surface area contributed by atoms with Crippen molar-refractivity contribution < 1.29 is 4.79 Å². The first-order chi connectivity index (χ1) is 10.3. The Morgan fingerprint density at radius 1 is 1.05 bits per heavy atom. The van der Waals surface area contributed by atoms with Crippen LogP contribution in [-0.2, 0) is 0 Å². The number of fused-ring (bicyclic) bond motifs is 1. The van der Waals surface area contributed by atoms with Crippen molar-refractivity contribution in [2.24, 2.45) is 0 Å². The summed E-state index contributed by atoms with van der Waals surface area (Å²) in [5, 5.41) is 1.12. The van der Waals surface area contributed by atoms with Gasteiger partial charge in [-0.15, -0.1) is 0 Å². The van der Waals surface area contributed by atoms with Gasteiger partial charge in [-0.2, -0.15) is 0 Å². The van der Waals surface area contributed by atoms with E-state index in [0.29, 0.717) is 5.56 Å². The topological polar surface area (TPSA) is 20.3 Å². The van der Waals surface area contributed by atoms with Gasteiger partial charge < -0.3 is 4.90 Å². The Morgan fingerprint density at radius 2 is 1.76 bits per heavy atom. The molecule has 0 aromatic heterocycles. The van der Waals surface area contributed by atoms with Crippen LogP contribution in [0.15, 0.2) is 82.7 Å². The van der Waals surface area contributed by atoms with Crippen LogP contribution in [0.3, 0.4) is 0 Å². The van der Waals surface area contributed by atoms with E-state index in [1.165, 1.54) is 10.6 Å². The van der Waals surface area contributed by atoms with Gasteiger partial charge in [-0.3, -0.25) is 4.79 Å². The molecule has 0 amide bonds. The molecule has 0 bridgehead atoms. The maximum absolute atomic E-state index is 12.0. The van der Waals surface area contributed by atoms with Gasteiger partial charge in [0, 0.05) is 17.5 Å². The summed E-state index contributed by atoms with van der Waals surface area (Å²) in [4.78, 5) is 15.4. The van der Waals surface area contributed by atoms with Gasteiger partial charge in [0.2, 0.25) is 0 Å². The van der Waals surface area contributed by atoms with Crippen molar-refractivity contribution in [3.8, 4) is 0 Å². The van der Waals surface area contributed by atoms with Gasteiger partial charge in [-0.1, -0.05) is 60.3 Å². The molecular formula is C18H15NOS. The summed E-state index contributed by atoms with van der Waals surface area (Å²) >= 11 is 1.72. The SMILES string of the molecule is CN1/C(=C/C=C\C(=O)c2ccccc2)Sc2ccccc21. The molecule has 0 radical (unpaired) electrons. The number of ketones is 1. The molecule has 0 spiro atoms. The van der Waals surface area contributed by atoms with E-state index in [-0.39, 0.29) is 5.78 Å². The standard InChI is InChI=1S/C18H15NOS/c1-19-15-10-5-6-12-17(15)21-18(19)13-7-11-16(20)14-8-3-2-4-9-14/h2-13H,1H3/b11-7-,18-13-. The number of anilines is 1. The molecule has 2 aromatic carbocycles. The zero-order valence-electron chi connectivity index (χ0n) is 11.7. The number of allylic oxidation sites excluding steroid dienone is 3. The van der Waals surface area contributed by atoms with Gasteiger partial charge in [0.1, 0.15) is 0 Å². The first kappa shape index (κ1) is 13.7. The molecule has 21 heavy (non-hydrogen) atoms. The van der Waals surface area contributed by atoms with Crippen LogP contribution >= 0.6 is 11.8 Å². The Morgan fingerprint density at radius 3 is 2.52 bits per heavy atom. The Bertz CT molecular complexity index is 719. The number of nitrogens with zero attached hydrogens (tertiary/aromatic N) is 1. The average molecular weight is 293 g/mol. The third-order valence-electron chi connectivity index (χ3n) is 3.32. The van der Waals surface area contributed by atoms with Crippen LogP contribution in [0.1, 0.15) is 10.4 Å². The van der Waals surface area contributed by atoms with E-state index in [2.05, 4.69) is 17.0 Å². The predicted molar refractivity (Wildman–Crippen MR) is 88.7 cm³/mol. The maximum atomic E-state index is 12.0. The van der Waals surface area contributed by atoms with Crippen LogP contribution in [0.5, 0.6) is 0 Å². The summed E-state index contributed by atoms with van der Waals surface area (Å²) in [7, 11) is 2.04. The lowest BCUT2D eigenvalue weighted by Gasteiger charge is -2.12. The molecule has 0 saturated carbocycles. The van der Waals surface area contributed by atoms with E-state index in [1.807, 2.05) is 61.7 Å². The highest BCUT2D eigenvalue weighted by molar-refractivity contribution is 8.03. The minimum absolute atomic E-state index is 0.0237. The number of carbonyl (C=O) groups excluding carboxylic acids is 1. The second-order valence-corrected chi connectivity index (χ2v) is 5.79. The van der Waals surface area contributed by atoms with Crippen LogP contribution in [0.25, 0.3) is 0 Å². The molecule has 0 saturated heterocycles. The smallest absolute Gasteiger partial charge is 0.185 e. The van der Waals surface area contributed by atoms with Crippen LogP contribution in [0.4, 0.5) is 5.69 Å². The number of thioether (sulfide) groups is 1. The first-order valence-corrected chi connectivity index (χ1v) is 7.56. The average Bonchev–Trinajstić information content (AvgIpc) is 2.85. The minimum Gasteiger partial charge on any atom is -0.338 e. The van der Waals surface area contributed by atoms with Gasteiger partial charge in [-0.05, 0) is 24.3 Å². The molecule has 0 N–H and O–H groups in total. The molecular weight excluding hydrogens is 278 g/mol. The number of para-hydroxylation sites is 1. The molecule has 104 valence electrons. The van der Waals surface area contributed by atoms with Crippen molar-refractivity contribution in [3.63, 3.8) is 0 Å². The summed E-state index contributed by atoms with van der Waals surface area (Å²) in [6, 6.07) is 17.6. The summed E-state index contributed by atoms with van der Waals surface area (Å²) < 4.78 is 0. The maximum Gasteiger partial charge on any atom is 0.185 e. The predicted octanol–water partition coefficient (Wildman–Crippen LogP) is 4.51. The lowest BCUT2D eigenvalue weighted by Crippen LogP contribution is -2.08. The Labute approximate surface area is 128 Å². The number of hydrogen-bond donors (Lipinski definition) is 0. The van der Waals surface area contributed by atoms with E-state index in [4.69, 9.17) is 0 Å². The van der Waals surface area contributed by atoms with Crippen molar-refractivity contribution in [3.05, 3.63) is 83.4 Å². The zero-order chi connectivity index (χ0) is 14.7. The molecule has 3 heteroatoms. The highest BCUT2D eigenvalue weighted by Gasteiger charge is 2.20. The van der Waals surface area contributed by atoms with Gasteiger partial charge in [0.15, 0.2) is 5.78 Å².